The van der Waals surface area contributed by atoms with Crippen molar-refractivity contribution in [3.63, 3.8) is 0 Å². The van der Waals surface area contributed by atoms with Crippen LogP contribution in [0.25, 0.3) is 12.2 Å². The van der Waals surface area contributed by atoms with Gasteiger partial charge in [0.15, 0.2) is 5.03 Å². The van der Waals surface area contributed by atoms with Crippen LogP contribution in [0.3, 0.4) is 0 Å². The number of hydrogen-bond donors (Lipinski definition) is 2. The Labute approximate surface area is 242 Å². The zero-order chi connectivity index (χ0) is 30.2. The number of sulfonamides is 1. The Morgan fingerprint density at radius 3 is 2.37 bits per heavy atom. The summed E-state index contributed by atoms with van der Waals surface area (Å²) < 4.78 is 33.8. The highest BCUT2D eigenvalue weighted by Gasteiger charge is 2.40. The highest BCUT2D eigenvalue weighted by Crippen LogP contribution is 2.39. The summed E-state index contributed by atoms with van der Waals surface area (Å²) in [5, 5.41) is -0.332. The van der Waals surface area contributed by atoms with Gasteiger partial charge >= 0.3 is 0 Å². The van der Waals surface area contributed by atoms with E-state index in [4.69, 9.17) is 15.5 Å². The highest BCUT2D eigenvalue weighted by atomic mass is 32.2. The molecule has 0 saturated carbocycles. The topological polar surface area (TPSA) is 128 Å². The van der Waals surface area contributed by atoms with Crippen LogP contribution < -0.4 is 20.1 Å². The quantitative estimate of drug-likeness (QED) is 0.388. The summed E-state index contributed by atoms with van der Waals surface area (Å²) >= 11 is 0. The van der Waals surface area contributed by atoms with E-state index in [2.05, 4.69) is 56.1 Å². The molecule has 0 spiro atoms. The molecule has 1 atom stereocenters. The predicted octanol–water partition coefficient (Wildman–Crippen LogP) is 5.28. The van der Waals surface area contributed by atoms with E-state index in [1.165, 1.54) is 18.2 Å². The lowest BCUT2D eigenvalue weighted by Crippen LogP contribution is -2.41. The van der Waals surface area contributed by atoms with Gasteiger partial charge in [-0.05, 0) is 67.6 Å². The number of nitrogens with one attached hydrogen (secondary N) is 1. The summed E-state index contributed by atoms with van der Waals surface area (Å²) in [6.07, 6.45) is 4.75. The van der Waals surface area contributed by atoms with Crippen LogP contribution in [-0.4, -0.2) is 43.5 Å². The molecule has 1 amide bonds. The Hall–Kier alpha value is -3.92. The van der Waals surface area contributed by atoms with Crippen LogP contribution in [0, 0.1) is 5.92 Å². The SMILES string of the molecule is COc1ccc(C=Cc2cc(C(=O)NS(=O)(=O)c3cccc(N)n3)c(N3CC(C)CC3(C)C)nc2C(C)(C)C)cc1. The first-order valence-corrected chi connectivity index (χ1v) is 15.0. The van der Waals surface area contributed by atoms with Crippen molar-refractivity contribution in [2.75, 3.05) is 24.3 Å². The standard InChI is InChI=1S/C31H39N5O4S/c1-20-18-31(5,6)36(19-20)28-24(29(37)35-41(38,39)26-10-8-9-25(32)33-26)17-22(27(34-28)30(2,3)4)14-11-21-12-15-23(40-7)16-13-21/h8-17,20H,18-19H2,1-7H3,(H2,32,33)(H,35,37). The summed E-state index contributed by atoms with van der Waals surface area (Å²) in [5.41, 5.74) is 7.67. The van der Waals surface area contributed by atoms with Crippen LogP contribution in [0.2, 0.25) is 0 Å². The molecule has 2 aromatic heterocycles. The van der Waals surface area contributed by atoms with Crippen molar-refractivity contribution in [2.24, 2.45) is 5.92 Å². The molecule has 41 heavy (non-hydrogen) atoms. The van der Waals surface area contributed by atoms with Crippen molar-refractivity contribution in [1.29, 1.82) is 0 Å². The number of pyridine rings is 2. The van der Waals surface area contributed by atoms with Gasteiger partial charge in [0.1, 0.15) is 17.4 Å². The smallest absolute Gasteiger partial charge is 0.281 e. The Kier molecular flexibility index (Phi) is 8.18. The Balaban J connectivity index is 1.86. The van der Waals surface area contributed by atoms with Gasteiger partial charge in [-0.25, -0.2) is 14.7 Å². The number of carbonyl (C=O) groups excluding carboxylic acids is 1. The second-order valence-electron chi connectivity index (χ2n) is 12.2. The molecule has 218 valence electrons. The highest BCUT2D eigenvalue weighted by molar-refractivity contribution is 7.90. The number of nitrogens with zero attached hydrogens (tertiary/aromatic N) is 3. The lowest BCUT2D eigenvalue weighted by Gasteiger charge is -2.35. The number of benzene rings is 1. The molecule has 1 saturated heterocycles. The number of nitrogens with two attached hydrogens (primary N) is 1. The molecule has 1 aliphatic heterocycles. The fourth-order valence-corrected chi connectivity index (χ4v) is 6.23. The zero-order valence-corrected chi connectivity index (χ0v) is 25.5. The predicted molar refractivity (Wildman–Crippen MR) is 163 cm³/mol. The maximum absolute atomic E-state index is 13.8. The Bertz CT molecular complexity index is 1570. The molecule has 9 nitrogen and oxygen atoms in total. The van der Waals surface area contributed by atoms with E-state index in [9.17, 15) is 13.2 Å². The molecular weight excluding hydrogens is 538 g/mol. The van der Waals surface area contributed by atoms with Crippen LogP contribution >= 0.6 is 0 Å². The summed E-state index contributed by atoms with van der Waals surface area (Å²) in [5.74, 6) is 0.832. The van der Waals surface area contributed by atoms with Gasteiger partial charge in [0.25, 0.3) is 15.9 Å². The molecule has 0 radical (unpaired) electrons. The number of rotatable bonds is 7. The number of hydrogen-bond acceptors (Lipinski definition) is 8. The summed E-state index contributed by atoms with van der Waals surface area (Å²) in [4.78, 5) is 24.9. The Morgan fingerprint density at radius 2 is 1.80 bits per heavy atom. The summed E-state index contributed by atoms with van der Waals surface area (Å²) in [7, 11) is -2.67. The molecule has 3 heterocycles. The fraction of sp³-hybridized carbons (Fsp3) is 0.387. The molecule has 1 fully saturated rings. The summed E-state index contributed by atoms with van der Waals surface area (Å²) in [6, 6.07) is 13.6. The van der Waals surface area contributed by atoms with Gasteiger partial charge in [-0.2, -0.15) is 8.42 Å². The Morgan fingerprint density at radius 1 is 1.12 bits per heavy atom. The zero-order valence-electron chi connectivity index (χ0n) is 24.7. The maximum Gasteiger partial charge on any atom is 0.281 e. The molecule has 1 unspecified atom stereocenters. The number of ether oxygens (including phenoxy) is 1. The third-order valence-electron chi connectivity index (χ3n) is 7.13. The number of carbonyl (C=O) groups is 1. The minimum absolute atomic E-state index is 0.0379. The van der Waals surface area contributed by atoms with E-state index in [-0.39, 0.29) is 27.4 Å². The van der Waals surface area contributed by atoms with Crippen molar-refractivity contribution < 1.29 is 17.9 Å². The fourth-order valence-electron chi connectivity index (χ4n) is 5.29. The van der Waals surface area contributed by atoms with Crippen molar-refractivity contribution >= 4 is 39.7 Å². The van der Waals surface area contributed by atoms with E-state index in [0.717, 1.165) is 23.4 Å². The van der Waals surface area contributed by atoms with E-state index in [0.29, 0.717) is 23.8 Å². The van der Waals surface area contributed by atoms with E-state index >= 15 is 0 Å². The van der Waals surface area contributed by atoms with Crippen LogP contribution in [0.5, 0.6) is 5.75 Å². The van der Waals surface area contributed by atoms with Gasteiger partial charge < -0.3 is 15.4 Å². The second kappa shape index (κ2) is 11.2. The molecule has 0 bridgehead atoms. The van der Waals surface area contributed by atoms with Crippen molar-refractivity contribution in [2.45, 2.75) is 63.9 Å². The first-order valence-electron chi connectivity index (χ1n) is 13.6. The lowest BCUT2D eigenvalue weighted by atomic mass is 9.87. The van der Waals surface area contributed by atoms with E-state index in [1.54, 1.807) is 13.2 Å². The molecule has 4 rings (SSSR count). The number of methoxy groups -OCH3 is 1. The van der Waals surface area contributed by atoms with E-state index < -0.39 is 15.9 Å². The van der Waals surface area contributed by atoms with Crippen molar-refractivity contribution in [3.8, 4) is 5.75 Å². The van der Waals surface area contributed by atoms with Crippen LogP contribution in [0.15, 0.2) is 53.6 Å². The van der Waals surface area contributed by atoms with Gasteiger partial charge in [-0.15, -0.1) is 0 Å². The van der Waals surface area contributed by atoms with Crippen LogP contribution in [0.4, 0.5) is 11.6 Å². The van der Waals surface area contributed by atoms with Gasteiger partial charge in [0.2, 0.25) is 0 Å². The molecule has 1 aromatic carbocycles. The average molecular weight is 578 g/mol. The molecule has 3 aromatic rings. The molecule has 0 aliphatic carbocycles. The van der Waals surface area contributed by atoms with Crippen LogP contribution in [-0.2, 0) is 15.4 Å². The average Bonchev–Trinajstić information content (AvgIpc) is 3.17. The van der Waals surface area contributed by atoms with Gasteiger partial charge in [0, 0.05) is 17.5 Å². The minimum Gasteiger partial charge on any atom is -0.497 e. The first-order chi connectivity index (χ1) is 19.1. The van der Waals surface area contributed by atoms with Crippen molar-refractivity contribution in [3.05, 3.63) is 70.9 Å². The number of amides is 1. The monoisotopic (exact) mass is 577 g/mol. The van der Waals surface area contributed by atoms with Crippen LogP contribution in [0.1, 0.15) is 75.1 Å². The lowest BCUT2D eigenvalue weighted by molar-refractivity contribution is 0.0981. The molecule has 1 aliphatic rings. The normalized spacial score (nSPS) is 17.1. The molecule has 10 heteroatoms. The summed E-state index contributed by atoms with van der Waals surface area (Å²) in [6.45, 7) is 13.3. The number of nitrogen functional groups attached to an aromatic ring is 1. The molecular formula is C31H39N5O4S. The number of aromatic nitrogens is 2. The van der Waals surface area contributed by atoms with Crippen molar-refractivity contribution in [1.82, 2.24) is 14.7 Å². The van der Waals surface area contributed by atoms with E-state index in [1.807, 2.05) is 36.4 Å². The van der Waals surface area contributed by atoms with Gasteiger partial charge in [-0.3, -0.25) is 4.79 Å². The van der Waals surface area contributed by atoms with Gasteiger partial charge in [-0.1, -0.05) is 58.0 Å². The first kappa shape index (κ1) is 30.0. The van der Waals surface area contributed by atoms with Gasteiger partial charge in [0.05, 0.1) is 18.4 Å². The third-order valence-corrected chi connectivity index (χ3v) is 8.37. The largest absolute Gasteiger partial charge is 0.497 e. The molecule has 3 N–H and O–H groups in total. The maximum atomic E-state index is 13.8. The number of anilines is 2. The second-order valence-corrected chi connectivity index (χ2v) is 13.9. The minimum atomic E-state index is -4.29. The third kappa shape index (κ3) is 6.70.